The van der Waals surface area contributed by atoms with Gasteiger partial charge in [0.1, 0.15) is 11.2 Å². The molecule has 1 aromatic rings. The first-order valence-corrected chi connectivity index (χ1v) is 7.17. The molecule has 0 bridgehead atoms. The maximum atomic E-state index is 12.0. The molecule has 0 saturated heterocycles. The lowest BCUT2D eigenvalue weighted by atomic mass is 10.3. The number of halogens is 3. The first kappa shape index (κ1) is 14.8. The largest absolute Gasteiger partial charge is 0.401 e. The van der Waals surface area contributed by atoms with Crippen LogP contribution in [0, 0.1) is 0 Å². The Kier molecular flexibility index (Phi) is 4.00. The van der Waals surface area contributed by atoms with Crippen molar-refractivity contribution in [2.24, 2.45) is 4.40 Å². The number of nitrogens with zero attached hydrogens (tertiary/aromatic N) is 2. The molecular formula is C11H12F3N3O2S. The Morgan fingerprint density at radius 1 is 1.25 bits per heavy atom. The number of benzene rings is 1. The van der Waals surface area contributed by atoms with Crippen LogP contribution in [0.3, 0.4) is 0 Å². The molecule has 0 aromatic heterocycles. The molecule has 0 amide bonds. The summed E-state index contributed by atoms with van der Waals surface area (Å²) in [5.41, 5.74) is 0.413. The lowest BCUT2D eigenvalue weighted by Crippen LogP contribution is -2.37. The van der Waals surface area contributed by atoms with Crippen molar-refractivity contribution in [3.05, 3.63) is 24.3 Å². The Morgan fingerprint density at radius 2 is 1.95 bits per heavy atom. The van der Waals surface area contributed by atoms with Gasteiger partial charge in [0.25, 0.3) is 10.0 Å². The van der Waals surface area contributed by atoms with Crippen LogP contribution >= 0.6 is 0 Å². The maximum absolute atomic E-state index is 12.0. The van der Waals surface area contributed by atoms with Crippen molar-refractivity contribution in [1.82, 2.24) is 5.32 Å². The Labute approximate surface area is 114 Å². The first-order valence-electron chi connectivity index (χ1n) is 5.73. The Bertz CT molecular complexity index is 614. The predicted molar refractivity (Wildman–Crippen MR) is 68.4 cm³/mol. The summed E-state index contributed by atoms with van der Waals surface area (Å²) in [6.45, 7) is -0.843. The van der Waals surface area contributed by atoms with Crippen LogP contribution in [-0.2, 0) is 10.0 Å². The summed E-state index contributed by atoms with van der Waals surface area (Å²) in [5, 5.41) is 2.25. The molecule has 0 spiro atoms. The fourth-order valence-corrected chi connectivity index (χ4v) is 2.81. The number of alkyl halides is 3. The molecule has 0 saturated carbocycles. The van der Waals surface area contributed by atoms with Gasteiger partial charge in [-0.1, -0.05) is 12.1 Å². The summed E-state index contributed by atoms with van der Waals surface area (Å²) in [7, 11) is -3.70. The van der Waals surface area contributed by atoms with Crippen molar-refractivity contribution >= 4 is 22.0 Å². The average Bonchev–Trinajstić information content (AvgIpc) is 2.36. The van der Waals surface area contributed by atoms with Gasteiger partial charge < -0.3 is 10.2 Å². The van der Waals surface area contributed by atoms with Gasteiger partial charge >= 0.3 is 6.18 Å². The number of para-hydroxylation sites is 1. The van der Waals surface area contributed by atoms with E-state index in [1.165, 1.54) is 11.0 Å². The third-order valence-corrected chi connectivity index (χ3v) is 3.91. The molecule has 1 aromatic carbocycles. The van der Waals surface area contributed by atoms with E-state index in [9.17, 15) is 21.6 Å². The minimum Gasteiger partial charge on any atom is -0.329 e. The highest BCUT2D eigenvalue weighted by atomic mass is 32.2. The molecular weight excluding hydrogens is 295 g/mol. The van der Waals surface area contributed by atoms with Gasteiger partial charge in [0.15, 0.2) is 0 Å². The highest BCUT2D eigenvalue weighted by Gasteiger charge is 2.27. The smallest absolute Gasteiger partial charge is 0.329 e. The van der Waals surface area contributed by atoms with Crippen LogP contribution in [0.2, 0.25) is 0 Å². The molecule has 1 heterocycles. The zero-order valence-corrected chi connectivity index (χ0v) is 11.1. The third kappa shape index (κ3) is 3.48. The molecule has 0 unspecified atom stereocenters. The lowest BCUT2D eigenvalue weighted by molar-refractivity contribution is -0.124. The minimum atomic E-state index is -4.27. The molecule has 0 radical (unpaired) electrons. The van der Waals surface area contributed by atoms with Crippen LogP contribution in [0.5, 0.6) is 0 Å². The van der Waals surface area contributed by atoms with Gasteiger partial charge in [0.05, 0.1) is 12.2 Å². The summed E-state index contributed by atoms with van der Waals surface area (Å²) in [6, 6.07) is 6.22. The SMILES string of the molecule is O=S1(=O)N=CN(CCNCC(F)(F)F)c2ccccc21. The van der Waals surface area contributed by atoms with Crippen LogP contribution in [0.25, 0.3) is 0 Å². The van der Waals surface area contributed by atoms with Gasteiger partial charge in [-0.25, -0.2) is 0 Å². The van der Waals surface area contributed by atoms with Crippen molar-refractivity contribution in [3.8, 4) is 0 Å². The zero-order valence-electron chi connectivity index (χ0n) is 10.3. The quantitative estimate of drug-likeness (QED) is 0.854. The Morgan fingerprint density at radius 3 is 2.65 bits per heavy atom. The highest BCUT2D eigenvalue weighted by Crippen LogP contribution is 2.28. The summed E-state index contributed by atoms with van der Waals surface area (Å²) in [4.78, 5) is 1.55. The molecule has 0 atom stereocenters. The lowest BCUT2D eigenvalue weighted by Gasteiger charge is -2.25. The maximum Gasteiger partial charge on any atom is 0.401 e. The molecule has 9 heteroatoms. The summed E-state index contributed by atoms with van der Waals surface area (Å²) in [5.74, 6) is 0. The number of fused-ring (bicyclic) bond motifs is 1. The molecule has 1 aliphatic rings. The number of hydrogen-bond donors (Lipinski definition) is 1. The number of rotatable bonds is 4. The van der Waals surface area contributed by atoms with E-state index in [1.54, 1.807) is 18.2 Å². The molecule has 0 fully saturated rings. The topological polar surface area (TPSA) is 61.8 Å². The van der Waals surface area contributed by atoms with Crippen LogP contribution in [0.4, 0.5) is 18.9 Å². The van der Waals surface area contributed by atoms with Gasteiger partial charge in [-0.05, 0) is 12.1 Å². The predicted octanol–water partition coefficient (Wildman–Crippen LogP) is 1.38. The Hall–Kier alpha value is -1.61. The summed E-state index contributed by atoms with van der Waals surface area (Å²) in [6.07, 6.45) is -3.15. The number of sulfonamides is 1. The normalized spacial score (nSPS) is 17.1. The second-order valence-electron chi connectivity index (χ2n) is 4.15. The Balaban J connectivity index is 2.04. The van der Waals surface area contributed by atoms with Gasteiger partial charge in [0, 0.05) is 13.1 Å². The van der Waals surface area contributed by atoms with Crippen LogP contribution in [0.15, 0.2) is 33.6 Å². The number of nitrogens with one attached hydrogen (secondary N) is 1. The van der Waals surface area contributed by atoms with Gasteiger partial charge in [-0.2, -0.15) is 21.6 Å². The molecule has 1 N–H and O–H groups in total. The second kappa shape index (κ2) is 5.41. The van der Waals surface area contributed by atoms with Gasteiger partial charge in [-0.15, -0.1) is 4.40 Å². The average molecular weight is 307 g/mol. The molecule has 0 aliphatic carbocycles. The molecule has 5 nitrogen and oxygen atoms in total. The van der Waals surface area contributed by atoms with Gasteiger partial charge in [0.2, 0.25) is 0 Å². The van der Waals surface area contributed by atoms with Crippen LogP contribution in [0.1, 0.15) is 0 Å². The monoisotopic (exact) mass is 307 g/mol. The van der Waals surface area contributed by atoms with E-state index in [0.717, 1.165) is 6.34 Å². The second-order valence-corrected chi connectivity index (χ2v) is 5.75. The van der Waals surface area contributed by atoms with E-state index in [4.69, 9.17) is 0 Å². The van der Waals surface area contributed by atoms with Crippen molar-refractivity contribution in [3.63, 3.8) is 0 Å². The molecule has 2 rings (SSSR count). The van der Waals surface area contributed by atoms with Crippen molar-refractivity contribution < 1.29 is 21.6 Å². The standard InChI is InChI=1S/C11H12F3N3O2S/c12-11(13,14)7-15-5-6-17-8-16-20(18,19)10-4-2-1-3-9(10)17/h1-4,8,15H,5-7H2. The molecule has 20 heavy (non-hydrogen) atoms. The summed E-state index contributed by atoms with van der Waals surface area (Å²) < 4.78 is 62.8. The van der Waals surface area contributed by atoms with E-state index < -0.39 is 22.7 Å². The zero-order chi connectivity index (χ0) is 14.8. The van der Waals surface area contributed by atoms with Crippen molar-refractivity contribution in [2.45, 2.75) is 11.1 Å². The first-order chi connectivity index (χ1) is 9.30. The van der Waals surface area contributed by atoms with Crippen LogP contribution < -0.4 is 10.2 Å². The van der Waals surface area contributed by atoms with E-state index in [1.807, 2.05) is 0 Å². The van der Waals surface area contributed by atoms with Crippen molar-refractivity contribution in [2.75, 3.05) is 24.5 Å². The fraction of sp³-hybridized carbons (Fsp3) is 0.364. The minimum absolute atomic E-state index is 0.0540. The van der Waals surface area contributed by atoms with Crippen LogP contribution in [-0.4, -0.2) is 40.6 Å². The van der Waals surface area contributed by atoms with Crippen molar-refractivity contribution in [1.29, 1.82) is 0 Å². The van der Waals surface area contributed by atoms with Gasteiger partial charge in [-0.3, -0.25) is 0 Å². The van der Waals surface area contributed by atoms with E-state index in [-0.39, 0.29) is 18.0 Å². The summed E-state index contributed by atoms with van der Waals surface area (Å²) >= 11 is 0. The molecule has 110 valence electrons. The van der Waals surface area contributed by atoms with E-state index in [2.05, 4.69) is 9.71 Å². The van der Waals surface area contributed by atoms with E-state index >= 15 is 0 Å². The highest BCUT2D eigenvalue weighted by molar-refractivity contribution is 7.90. The number of anilines is 1. The fourth-order valence-electron chi connectivity index (χ4n) is 1.76. The van der Waals surface area contributed by atoms with E-state index in [0.29, 0.717) is 5.69 Å². The molecule has 1 aliphatic heterocycles. The third-order valence-electron chi connectivity index (χ3n) is 2.63. The number of hydrogen-bond acceptors (Lipinski definition) is 4.